The van der Waals surface area contributed by atoms with Crippen LogP contribution in [0.4, 0.5) is 0 Å². The largest absolute Gasteiger partial charge is 0.453 e. The molecule has 15 heavy (non-hydrogen) atoms. The number of rotatable bonds is 4. The van der Waals surface area contributed by atoms with Gasteiger partial charge in [0.25, 0.3) is 0 Å². The van der Waals surface area contributed by atoms with Crippen molar-refractivity contribution in [3.05, 3.63) is 36.1 Å². The number of furan rings is 1. The Bertz CT molecular complexity index is 440. The second-order valence-corrected chi connectivity index (χ2v) is 3.35. The fourth-order valence-corrected chi connectivity index (χ4v) is 1.44. The smallest absolute Gasteiger partial charge is 0.211 e. The van der Waals surface area contributed by atoms with Gasteiger partial charge in [-0.05, 0) is 18.7 Å². The van der Waals surface area contributed by atoms with E-state index in [4.69, 9.17) is 4.42 Å². The van der Waals surface area contributed by atoms with E-state index in [9.17, 15) is 4.79 Å². The van der Waals surface area contributed by atoms with E-state index in [1.165, 1.54) is 0 Å². The summed E-state index contributed by atoms with van der Waals surface area (Å²) in [7, 11) is 0. The van der Waals surface area contributed by atoms with Crippen molar-refractivity contribution in [2.45, 2.75) is 6.92 Å². The van der Waals surface area contributed by atoms with Crippen LogP contribution in [0, 0.1) is 0 Å². The number of hydrogen-bond donors (Lipinski definition) is 1. The monoisotopic (exact) mass is 203 g/mol. The molecule has 0 saturated carbocycles. The Morgan fingerprint density at radius 1 is 1.40 bits per heavy atom. The zero-order valence-electron chi connectivity index (χ0n) is 8.62. The van der Waals surface area contributed by atoms with Gasteiger partial charge < -0.3 is 9.73 Å². The van der Waals surface area contributed by atoms with Crippen LogP contribution in [0.15, 0.2) is 34.7 Å². The highest BCUT2D eigenvalue weighted by Crippen LogP contribution is 2.18. The Kier molecular flexibility index (Phi) is 2.83. The van der Waals surface area contributed by atoms with Crippen molar-refractivity contribution < 1.29 is 9.21 Å². The highest BCUT2D eigenvalue weighted by Gasteiger charge is 2.10. The number of fused-ring (bicyclic) bond motifs is 1. The maximum Gasteiger partial charge on any atom is 0.211 e. The van der Waals surface area contributed by atoms with E-state index < -0.39 is 0 Å². The van der Waals surface area contributed by atoms with Crippen molar-refractivity contribution >= 4 is 16.8 Å². The maximum absolute atomic E-state index is 11.6. The highest BCUT2D eigenvalue weighted by molar-refractivity contribution is 5.98. The molecule has 2 aromatic rings. The summed E-state index contributed by atoms with van der Waals surface area (Å²) in [4.78, 5) is 11.6. The van der Waals surface area contributed by atoms with Gasteiger partial charge in [0.2, 0.25) is 5.78 Å². The first-order valence-electron chi connectivity index (χ1n) is 5.03. The second kappa shape index (κ2) is 4.28. The molecule has 0 atom stereocenters. The van der Waals surface area contributed by atoms with Crippen LogP contribution in [-0.2, 0) is 0 Å². The standard InChI is InChI=1S/C12H13NO2/c1-2-13-8-10(14)12-7-9-5-3-4-6-11(9)15-12/h3-7,13H,2,8H2,1H3. The van der Waals surface area contributed by atoms with Gasteiger partial charge >= 0.3 is 0 Å². The summed E-state index contributed by atoms with van der Waals surface area (Å²) in [6.07, 6.45) is 0. The lowest BCUT2D eigenvalue weighted by atomic mass is 10.2. The first-order valence-corrected chi connectivity index (χ1v) is 5.03. The molecule has 0 saturated heterocycles. The van der Waals surface area contributed by atoms with E-state index in [2.05, 4.69) is 5.32 Å². The summed E-state index contributed by atoms with van der Waals surface area (Å²) in [6, 6.07) is 9.40. The number of carbonyl (C=O) groups is 1. The van der Waals surface area contributed by atoms with Crippen LogP contribution in [0.3, 0.4) is 0 Å². The van der Waals surface area contributed by atoms with Crippen LogP contribution in [0.1, 0.15) is 17.5 Å². The quantitative estimate of drug-likeness (QED) is 0.775. The van der Waals surface area contributed by atoms with E-state index >= 15 is 0 Å². The van der Waals surface area contributed by atoms with E-state index in [-0.39, 0.29) is 5.78 Å². The summed E-state index contributed by atoms with van der Waals surface area (Å²) in [5.74, 6) is 0.421. The van der Waals surface area contributed by atoms with Crippen LogP contribution in [0.5, 0.6) is 0 Å². The minimum Gasteiger partial charge on any atom is -0.453 e. The molecule has 2 rings (SSSR count). The van der Waals surface area contributed by atoms with Crippen molar-refractivity contribution in [1.29, 1.82) is 0 Å². The van der Waals surface area contributed by atoms with Crippen LogP contribution < -0.4 is 5.32 Å². The van der Waals surface area contributed by atoms with Crippen molar-refractivity contribution in [3.63, 3.8) is 0 Å². The number of hydrogen-bond acceptors (Lipinski definition) is 3. The van der Waals surface area contributed by atoms with Gasteiger partial charge in [-0.25, -0.2) is 0 Å². The molecule has 3 nitrogen and oxygen atoms in total. The molecule has 0 fully saturated rings. The summed E-state index contributed by atoms with van der Waals surface area (Å²) in [6.45, 7) is 3.08. The average Bonchev–Trinajstić information content (AvgIpc) is 2.69. The third-order valence-corrected chi connectivity index (χ3v) is 2.24. The van der Waals surface area contributed by atoms with Crippen molar-refractivity contribution in [2.24, 2.45) is 0 Å². The van der Waals surface area contributed by atoms with Crippen LogP contribution in [0.25, 0.3) is 11.0 Å². The SMILES string of the molecule is CCNCC(=O)c1cc2ccccc2o1. The number of likely N-dealkylation sites (N-methyl/N-ethyl adjacent to an activating group) is 1. The second-order valence-electron chi connectivity index (χ2n) is 3.35. The number of benzene rings is 1. The molecular weight excluding hydrogens is 190 g/mol. The average molecular weight is 203 g/mol. The highest BCUT2D eigenvalue weighted by atomic mass is 16.3. The number of carbonyl (C=O) groups excluding carboxylic acids is 1. The topological polar surface area (TPSA) is 42.2 Å². The Labute approximate surface area is 88.1 Å². The van der Waals surface area contributed by atoms with Gasteiger partial charge in [-0.2, -0.15) is 0 Å². The molecular formula is C12H13NO2. The van der Waals surface area contributed by atoms with Crippen molar-refractivity contribution in [2.75, 3.05) is 13.1 Å². The van der Waals surface area contributed by atoms with E-state index in [1.807, 2.05) is 31.2 Å². The summed E-state index contributed by atoms with van der Waals surface area (Å²) < 4.78 is 5.44. The molecule has 0 radical (unpaired) electrons. The summed E-state index contributed by atoms with van der Waals surface area (Å²) >= 11 is 0. The Morgan fingerprint density at radius 3 is 2.93 bits per heavy atom. The Hall–Kier alpha value is -1.61. The van der Waals surface area contributed by atoms with Crippen molar-refractivity contribution in [1.82, 2.24) is 5.32 Å². The van der Waals surface area contributed by atoms with E-state index in [0.717, 1.165) is 17.5 Å². The van der Waals surface area contributed by atoms with E-state index in [1.54, 1.807) is 6.07 Å². The molecule has 0 aliphatic heterocycles. The predicted molar refractivity (Wildman–Crippen MR) is 59.1 cm³/mol. The third-order valence-electron chi connectivity index (χ3n) is 2.24. The van der Waals surface area contributed by atoms with Crippen LogP contribution >= 0.6 is 0 Å². The zero-order chi connectivity index (χ0) is 10.7. The molecule has 3 heteroatoms. The molecule has 0 aliphatic rings. The van der Waals surface area contributed by atoms with Gasteiger partial charge in [-0.3, -0.25) is 4.79 Å². The molecule has 1 aromatic heterocycles. The number of Topliss-reactive ketones (excluding diaryl/α,β-unsaturated/α-hetero) is 1. The first-order chi connectivity index (χ1) is 7.31. The number of nitrogens with one attached hydrogen (secondary N) is 1. The zero-order valence-corrected chi connectivity index (χ0v) is 8.62. The molecule has 0 spiro atoms. The summed E-state index contributed by atoms with van der Waals surface area (Å²) in [5.41, 5.74) is 0.761. The fraction of sp³-hybridized carbons (Fsp3) is 0.250. The Balaban J connectivity index is 2.25. The first kappa shape index (κ1) is 9.93. The molecule has 1 N–H and O–H groups in total. The Morgan fingerprint density at radius 2 is 2.20 bits per heavy atom. The lowest BCUT2D eigenvalue weighted by molar-refractivity contribution is 0.0967. The number of para-hydroxylation sites is 1. The minimum absolute atomic E-state index is 0.00644. The van der Waals surface area contributed by atoms with Gasteiger partial charge in [0, 0.05) is 5.39 Å². The van der Waals surface area contributed by atoms with Crippen LogP contribution in [-0.4, -0.2) is 18.9 Å². The van der Waals surface area contributed by atoms with Gasteiger partial charge in [-0.15, -0.1) is 0 Å². The normalized spacial score (nSPS) is 10.7. The third kappa shape index (κ3) is 2.07. The van der Waals surface area contributed by atoms with Gasteiger partial charge in [0.15, 0.2) is 5.76 Å². The van der Waals surface area contributed by atoms with E-state index in [0.29, 0.717) is 12.3 Å². The molecule has 0 amide bonds. The van der Waals surface area contributed by atoms with Crippen molar-refractivity contribution in [3.8, 4) is 0 Å². The minimum atomic E-state index is -0.00644. The molecule has 0 aliphatic carbocycles. The molecule has 0 unspecified atom stereocenters. The van der Waals surface area contributed by atoms with Gasteiger partial charge in [0.1, 0.15) is 5.58 Å². The summed E-state index contributed by atoms with van der Waals surface area (Å²) in [5, 5.41) is 3.95. The van der Waals surface area contributed by atoms with Gasteiger partial charge in [0.05, 0.1) is 6.54 Å². The predicted octanol–water partition coefficient (Wildman–Crippen LogP) is 2.22. The molecule has 0 bridgehead atoms. The maximum atomic E-state index is 11.6. The number of ketones is 1. The fourth-order valence-electron chi connectivity index (χ4n) is 1.44. The molecule has 1 aromatic carbocycles. The molecule has 78 valence electrons. The van der Waals surface area contributed by atoms with Gasteiger partial charge in [-0.1, -0.05) is 25.1 Å². The lowest BCUT2D eigenvalue weighted by Crippen LogP contribution is -2.22. The molecule has 1 heterocycles. The lowest BCUT2D eigenvalue weighted by Gasteiger charge is -1.96. The van der Waals surface area contributed by atoms with Crippen LogP contribution in [0.2, 0.25) is 0 Å².